The average molecular weight is 208 g/mol. The van der Waals surface area contributed by atoms with Crippen molar-refractivity contribution in [2.75, 3.05) is 0 Å². The Kier molecular flexibility index (Phi) is 3.35. The monoisotopic (exact) mass is 208 g/mol. The van der Waals surface area contributed by atoms with E-state index in [1.54, 1.807) is 0 Å². The first-order valence-corrected chi connectivity index (χ1v) is 4.94. The van der Waals surface area contributed by atoms with Crippen molar-refractivity contribution in [3.05, 3.63) is 28.3 Å². The fourth-order valence-electron chi connectivity index (χ4n) is 1.67. The van der Waals surface area contributed by atoms with Crippen molar-refractivity contribution in [2.45, 2.75) is 33.6 Å². The second-order valence-corrected chi connectivity index (χ2v) is 3.86. The number of carbonyl (C=O) groups is 1. The highest BCUT2D eigenvalue weighted by Gasteiger charge is 2.11. The molecular weight excluding hydrogens is 192 g/mol. The lowest BCUT2D eigenvalue weighted by molar-refractivity contribution is -0.136. The van der Waals surface area contributed by atoms with Crippen LogP contribution in [0.15, 0.2) is 6.07 Å². The molecule has 0 aliphatic carbocycles. The molecule has 0 saturated carbocycles. The topological polar surface area (TPSA) is 57.5 Å². The summed E-state index contributed by atoms with van der Waals surface area (Å²) < 4.78 is 0. The second kappa shape index (κ2) is 4.34. The first kappa shape index (κ1) is 11.6. The summed E-state index contributed by atoms with van der Waals surface area (Å²) in [6, 6.07) is 1.98. The molecule has 0 aliphatic heterocycles. The first-order chi connectivity index (χ1) is 6.93. The van der Waals surface area contributed by atoms with Gasteiger partial charge in [-0.3, -0.25) is 4.79 Å². The number of aliphatic carboxylic acids is 1. The van der Waals surface area contributed by atoms with Gasteiger partial charge in [-0.15, -0.1) is 0 Å². The number of rotatable bonds is 3. The van der Waals surface area contributed by atoms with Gasteiger partial charge in [-0.25, -0.2) is 0 Å². The van der Waals surface area contributed by atoms with Gasteiger partial charge >= 0.3 is 5.97 Å². The van der Waals surface area contributed by atoms with Gasteiger partial charge in [0.25, 0.3) is 0 Å². The largest absolute Gasteiger partial charge is 0.507 e. The molecule has 0 spiro atoms. The molecule has 0 aliphatic rings. The summed E-state index contributed by atoms with van der Waals surface area (Å²) >= 11 is 0. The quantitative estimate of drug-likeness (QED) is 0.801. The van der Waals surface area contributed by atoms with Gasteiger partial charge in [0.15, 0.2) is 0 Å². The Morgan fingerprint density at radius 1 is 1.27 bits per heavy atom. The van der Waals surface area contributed by atoms with Crippen LogP contribution in [0.2, 0.25) is 0 Å². The lowest BCUT2D eigenvalue weighted by Gasteiger charge is -2.12. The maximum atomic E-state index is 10.5. The van der Waals surface area contributed by atoms with Gasteiger partial charge in [0.05, 0.1) is 0 Å². The van der Waals surface area contributed by atoms with Crippen molar-refractivity contribution in [1.29, 1.82) is 0 Å². The van der Waals surface area contributed by atoms with Gasteiger partial charge in [0, 0.05) is 6.42 Å². The third-order valence-electron chi connectivity index (χ3n) is 2.73. The molecule has 1 aromatic rings. The van der Waals surface area contributed by atoms with Crippen molar-refractivity contribution in [1.82, 2.24) is 0 Å². The average Bonchev–Trinajstić information content (AvgIpc) is 2.14. The highest BCUT2D eigenvalue weighted by Crippen LogP contribution is 2.29. The van der Waals surface area contributed by atoms with Crippen LogP contribution in [-0.2, 0) is 11.2 Å². The van der Waals surface area contributed by atoms with Crippen LogP contribution >= 0.6 is 0 Å². The Balaban J connectivity index is 3.07. The molecule has 2 N–H and O–H groups in total. The maximum Gasteiger partial charge on any atom is 0.303 e. The Bertz CT molecular complexity index is 394. The molecule has 82 valence electrons. The summed E-state index contributed by atoms with van der Waals surface area (Å²) in [6.07, 6.45) is 0.436. The van der Waals surface area contributed by atoms with Crippen LogP contribution in [0.5, 0.6) is 5.75 Å². The van der Waals surface area contributed by atoms with Gasteiger partial charge < -0.3 is 10.2 Å². The zero-order valence-electron chi connectivity index (χ0n) is 9.29. The number of carboxylic acids is 1. The Labute approximate surface area is 89.4 Å². The smallest absolute Gasteiger partial charge is 0.303 e. The number of hydrogen-bond acceptors (Lipinski definition) is 2. The fourth-order valence-corrected chi connectivity index (χ4v) is 1.67. The molecule has 3 nitrogen and oxygen atoms in total. The summed E-state index contributed by atoms with van der Waals surface area (Å²) in [5, 5.41) is 18.5. The van der Waals surface area contributed by atoms with Crippen LogP contribution in [0.4, 0.5) is 0 Å². The lowest BCUT2D eigenvalue weighted by Crippen LogP contribution is -2.01. The van der Waals surface area contributed by atoms with Gasteiger partial charge in [0.2, 0.25) is 0 Å². The van der Waals surface area contributed by atoms with E-state index in [0.717, 1.165) is 22.3 Å². The van der Waals surface area contributed by atoms with E-state index < -0.39 is 5.97 Å². The van der Waals surface area contributed by atoms with Crippen LogP contribution in [0.3, 0.4) is 0 Å². The van der Waals surface area contributed by atoms with Gasteiger partial charge in [-0.1, -0.05) is 6.07 Å². The van der Waals surface area contributed by atoms with Crippen molar-refractivity contribution in [3.63, 3.8) is 0 Å². The van der Waals surface area contributed by atoms with Gasteiger partial charge in [-0.05, 0) is 49.4 Å². The van der Waals surface area contributed by atoms with E-state index >= 15 is 0 Å². The number of aryl methyl sites for hydroxylation is 2. The van der Waals surface area contributed by atoms with E-state index in [4.69, 9.17) is 5.11 Å². The molecule has 1 aromatic carbocycles. The number of hydrogen-bond donors (Lipinski definition) is 2. The summed E-state index contributed by atoms with van der Waals surface area (Å²) in [6.45, 7) is 5.67. The molecule has 0 amide bonds. The molecule has 0 unspecified atom stereocenters. The predicted octanol–water partition coefficient (Wildman–Crippen LogP) is 2.33. The number of phenols is 1. The molecular formula is C12H16O3. The first-order valence-electron chi connectivity index (χ1n) is 4.94. The number of carboxylic acid groups (broad SMARTS) is 1. The van der Waals surface area contributed by atoms with Gasteiger partial charge in [0.1, 0.15) is 5.75 Å². The molecule has 1 rings (SSSR count). The molecule has 0 atom stereocenters. The fraction of sp³-hybridized carbons (Fsp3) is 0.417. The molecule has 0 bridgehead atoms. The van der Waals surface area contributed by atoms with Crippen LogP contribution in [-0.4, -0.2) is 16.2 Å². The van der Waals surface area contributed by atoms with E-state index in [9.17, 15) is 9.90 Å². The van der Waals surface area contributed by atoms with E-state index in [-0.39, 0.29) is 12.2 Å². The Hall–Kier alpha value is -1.51. The van der Waals surface area contributed by atoms with E-state index in [0.29, 0.717) is 6.42 Å². The normalized spacial score (nSPS) is 10.3. The van der Waals surface area contributed by atoms with Crippen molar-refractivity contribution in [2.24, 2.45) is 0 Å². The van der Waals surface area contributed by atoms with Crippen LogP contribution in [0, 0.1) is 20.8 Å². The zero-order chi connectivity index (χ0) is 11.6. The third kappa shape index (κ3) is 2.49. The highest BCUT2D eigenvalue weighted by atomic mass is 16.4. The van der Waals surface area contributed by atoms with E-state index in [1.807, 2.05) is 26.8 Å². The van der Waals surface area contributed by atoms with Crippen LogP contribution in [0.1, 0.15) is 28.7 Å². The molecule has 0 radical (unpaired) electrons. The number of phenolic OH excluding ortho intramolecular Hbond substituents is 1. The molecule has 0 fully saturated rings. The van der Waals surface area contributed by atoms with E-state index in [2.05, 4.69) is 0 Å². The van der Waals surface area contributed by atoms with Crippen molar-refractivity contribution < 1.29 is 15.0 Å². The second-order valence-electron chi connectivity index (χ2n) is 3.86. The van der Waals surface area contributed by atoms with E-state index in [1.165, 1.54) is 0 Å². The summed E-state index contributed by atoms with van der Waals surface area (Å²) in [7, 11) is 0. The minimum Gasteiger partial charge on any atom is -0.507 e. The number of aromatic hydroxyl groups is 1. The lowest BCUT2D eigenvalue weighted by atomic mass is 9.96. The maximum absolute atomic E-state index is 10.5. The number of benzene rings is 1. The molecule has 0 aromatic heterocycles. The van der Waals surface area contributed by atoms with Crippen molar-refractivity contribution in [3.8, 4) is 5.75 Å². The van der Waals surface area contributed by atoms with Crippen LogP contribution < -0.4 is 0 Å². The van der Waals surface area contributed by atoms with Crippen molar-refractivity contribution >= 4 is 5.97 Å². The summed E-state index contributed by atoms with van der Waals surface area (Å²) in [4.78, 5) is 10.5. The van der Waals surface area contributed by atoms with Gasteiger partial charge in [-0.2, -0.15) is 0 Å². The molecule has 3 heteroatoms. The zero-order valence-corrected chi connectivity index (χ0v) is 9.29. The highest BCUT2D eigenvalue weighted by molar-refractivity contribution is 5.67. The Morgan fingerprint density at radius 3 is 2.40 bits per heavy atom. The minimum atomic E-state index is -0.841. The predicted molar refractivity (Wildman–Crippen MR) is 58.3 cm³/mol. The standard InChI is InChI=1S/C12H16O3/c1-7-6-8(2)10(4-5-11(13)14)12(15)9(7)3/h6,15H,4-5H2,1-3H3,(H,13,14). The molecule has 0 heterocycles. The third-order valence-corrected chi connectivity index (χ3v) is 2.73. The summed E-state index contributed by atoms with van der Waals surface area (Å²) in [5.41, 5.74) is 3.57. The Morgan fingerprint density at radius 2 is 1.87 bits per heavy atom. The SMILES string of the molecule is Cc1cc(C)c(CCC(=O)O)c(O)c1C. The van der Waals surface area contributed by atoms with Crippen LogP contribution in [0.25, 0.3) is 0 Å². The molecule has 0 saturated heterocycles. The molecule has 15 heavy (non-hydrogen) atoms. The summed E-state index contributed by atoms with van der Waals surface area (Å²) in [5.74, 6) is -0.597. The minimum absolute atomic E-state index is 0.0525.